The maximum Gasteiger partial charge on any atom is 0.0825 e. The van der Waals surface area contributed by atoms with Crippen LogP contribution in [0.3, 0.4) is 0 Å². The van der Waals surface area contributed by atoms with Gasteiger partial charge in [0.05, 0.1) is 17.8 Å². The molecule has 3 atom stereocenters. The molecule has 18 heavy (non-hydrogen) atoms. The van der Waals surface area contributed by atoms with E-state index < -0.39 is 0 Å². The van der Waals surface area contributed by atoms with E-state index in [0.29, 0.717) is 12.0 Å². The normalized spacial score (nSPS) is 33.6. The van der Waals surface area contributed by atoms with E-state index in [-0.39, 0.29) is 11.7 Å². The van der Waals surface area contributed by atoms with Gasteiger partial charge in [-0.25, -0.2) is 0 Å². The Labute approximate surface area is 109 Å². The first-order chi connectivity index (χ1) is 8.55. The number of hydrogen-bond acceptors (Lipinski definition) is 2. The van der Waals surface area contributed by atoms with E-state index in [0.717, 1.165) is 31.2 Å². The molecule has 1 aromatic carbocycles. The van der Waals surface area contributed by atoms with Gasteiger partial charge in [0.25, 0.3) is 0 Å². The van der Waals surface area contributed by atoms with Crippen LogP contribution in [0.15, 0.2) is 24.3 Å². The van der Waals surface area contributed by atoms with Crippen molar-refractivity contribution in [1.29, 1.82) is 0 Å². The summed E-state index contributed by atoms with van der Waals surface area (Å²) < 4.78 is 6.05. The number of rotatable bonds is 2. The smallest absolute Gasteiger partial charge is 0.0825 e. The Morgan fingerprint density at radius 3 is 2.78 bits per heavy atom. The molecular weight excluding hydrogens is 224 g/mol. The van der Waals surface area contributed by atoms with E-state index in [4.69, 9.17) is 4.74 Å². The number of fused-ring (bicyclic) bond motifs is 1. The molecule has 98 valence electrons. The summed E-state index contributed by atoms with van der Waals surface area (Å²) >= 11 is 0. The quantitative estimate of drug-likeness (QED) is 0.868. The molecule has 1 aromatic rings. The average Bonchev–Trinajstić information content (AvgIpc) is 2.82. The van der Waals surface area contributed by atoms with Crippen molar-refractivity contribution in [2.24, 2.45) is 5.92 Å². The maximum absolute atomic E-state index is 10.4. The lowest BCUT2D eigenvalue weighted by molar-refractivity contribution is -0.0332. The Bertz CT molecular complexity index is 438. The van der Waals surface area contributed by atoms with E-state index in [1.165, 1.54) is 5.56 Å². The van der Waals surface area contributed by atoms with Gasteiger partial charge in [-0.15, -0.1) is 0 Å². The largest absolute Gasteiger partial charge is 0.388 e. The molecule has 0 spiro atoms. The second-order valence-corrected chi connectivity index (χ2v) is 6.38. The zero-order chi connectivity index (χ0) is 12.8. The SMILES string of the molecule is CC1(C)CCC(CC2Cc3ccccc3C2O)O1. The standard InChI is InChI=1S/C16H22O2/c1-16(2)8-7-13(18-16)10-12-9-11-5-3-4-6-14(11)15(12)17/h3-6,12-13,15,17H,7-10H2,1-2H3. The zero-order valence-corrected chi connectivity index (χ0v) is 11.2. The Morgan fingerprint density at radius 2 is 2.11 bits per heavy atom. The summed E-state index contributed by atoms with van der Waals surface area (Å²) in [4.78, 5) is 0. The second-order valence-electron chi connectivity index (χ2n) is 6.38. The first kappa shape index (κ1) is 12.2. The van der Waals surface area contributed by atoms with Gasteiger partial charge in [0.1, 0.15) is 0 Å². The van der Waals surface area contributed by atoms with Crippen molar-refractivity contribution in [2.75, 3.05) is 0 Å². The van der Waals surface area contributed by atoms with Crippen molar-refractivity contribution in [3.05, 3.63) is 35.4 Å². The fourth-order valence-corrected chi connectivity index (χ4v) is 3.45. The molecule has 0 saturated carbocycles. The van der Waals surface area contributed by atoms with Crippen LogP contribution in [0.1, 0.15) is 50.3 Å². The molecule has 0 aromatic heterocycles. The van der Waals surface area contributed by atoms with Crippen molar-refractivity contribution in [3.8, 4) is 0 Å². The van der Waals surface area contributed by atoms with E-state index in [9.17, 15) is 5.11 Å². The van der Waals surface area contributed by atoms with Crippen LogP contribution in [0, 0.1) is 5.92 Å². The molecular formula is C16H22O2. The first-order valence-electron chi connectivity index (χ1n) is 6.99. The molecule has 2 heteroatoms. The van der Waals surface area contributed by atoms with E-state index in [1.54, 1.807) is 0 Å². The molecule has 2 nitrogen and oxygen atoms in total. The molecule has 0 amide bonds. The molecule has 0 bridgehead atoms. The third kappa shape index (κ3) is 2.19. The lowest BCUT2D eigenvalue weighted by atomic mass is 9.94. The molecule has 2 aliphatic rings. The number of aliphatic hydroxyl groups excluding tert-OH is 1. The van der Waals surface area contributed by atoms with Gasteiger partial charge in [-0.05, 0) is 56.6 Å². The van der Waals surface area contributed by atoms with Gasteiger partial charge in [-0.3, -0.25) is 0 Å². The number of ether oxygens (including phenoxy) is 1. The molecule has 3 rings (SSSR count). The van der Waals surface area contributed by atoms with Crippen LogP contribution in [0.2, 0.25) is 0 Å². The molecule has 1 saturated heterocycles. The fourth-order valence-electron chi connectivity index (χ4n) is 3.45. The third-order valence-electron chi connectivity index (χ3n) is 4.42. The Morgan fingerprint density at radius 1 is 1.33 bits per heavy atom. The van der Waals surface area contributed by atoms with E-state index >= 15 is 0 Å². The minimum atomic E-state index is -0.298. The summed E-state index contributed by atoms with van der Waals surface area (Å²) in [7, 11) is 0. The Balaban J connectivity index is 1.67. The van der Waals surface area contributed by atoms with Gasteiger partial charge in [0.15, 0.2) is 0 Å². The van der Waals surface area contributed by atoms with Gasteiger partial charge < -0.3 is 9.84 Å². The van der Waals surface area contributed by atoms with Crippen LogP contribution in [0.5, 0.6) is 0 Å². The zero-order valence-electron chi connectivity index (χ0n) is 11.2. The number of benzene rings is 1. The van der Waals surface area contributed by atoms with Crippen LogP contribution in [-0.4, -0.2) is 16.8 Å². The summed E-state index contributed by atoms with van der Waals surface area (Å²) in [6.07, 6.45) is 4.28. The summed E-state index contributed by atoms with van der Waals surface area (Å²) in [5.74, 6) is 0.335. The van der Waals surface area contributed by atoms with Crippen LogP contribution in [0.4, 0.5) is 0 Å². The highest BCUT2D eigenvalue weighted by Gasteiger charge is 2.37. The van der Waals surface area contributed by atoms with E-state index in [2.05, 4.69) is 32.0 Å². The molecule has 0 radical (unpaired) electrons. The maximum atomic E-state index is 10.4. The Hall–Kier alpha value is -0.860. The number of hydrogen-bond donors (Lipinski definition) is 1. The molecule has 1 aliphatic heterocycles. The molecule has 1 fully saturated rings. The Kier molecular flexibility index (Phi) is 2.95. The van der Waals surface area contributed by atoms with Crippen molar-refractivity contribution < 1.29 is 9.84 Å². The summed E-state index contributed by atoms with van der Waals surface area (Å²) in [5, 5.41) is 10.4. The average molecular weight is 246 g/mol. The predicted molar refractivity (Wildman–Crippen MR) is 71.4 cm³/mol. The van der Waals surface area contributed by atoms with E-state index in [1.807, 2.05) is 6.07 Å². The van der Waals surface area contributed by atoms with Crippen molar-refractivity contribution in [2.45, 2.75) is 57.3 Å². The van der Waals surface area contributed by atoms with Crippen LogP contribution < -0.4 is 0 Å². The second kappa shape index (κ2) is 4.36. The van der Waals surface area contributed by atoms with Crippen LogP contribution in [0.25, 0.3) is 0 Å². The van der Waals surface area contributed by atoms with Gasteiger partial charge >= 0.3 is 0 Å². The van der Waals surface area contributed by atoms with Crippen molar-refractivity contribution >= 4 is 0 Å². The van der Waals surface area contributed by atoms with Gasteiger partial charge in [0.2, 0.25) is 0 Å². The highest BCUT2D eigenvalue weighted by molar-refractivity contribution is 5.34. The lowest BCUT2D eigenvalue weighted by Crippen LogP contribution is -2.22. The van der Waals surface area contributed by atoms with Gasteiger partial charge in [0, 0.05) is 0 Å². The highest BCUT2D eigenvalue weighted by Crippen LogP contribution is 2.41. The molecule has 3 unspecified atom stereocenters. The van der Waals surface area contributed by atoms with Gasteiger partial charge in [-0.1, -0.05) is 24.3 Å². The van der Waals surface area contributed by atoms with Crippen LogP contribution >= 0.6 is 0 Å². The minimum Gasteiger partial charge on any atom is -0.388 e. The monoisotopic (exact) mass is 246 g/mol. The first-order valence-corrected chi connectivity index (χ1v) is 6.99. The topological polar surface area (TPSA) is 29.5 Å². The summed E-state index contributed by atoms with van der Waals surface area (Å²) in [6, 6.07) is 8.26. The van der Waals surface area contributed by atoms with Crippen molar-refractivity contribution in [3.63, 3.8) is 0 Å². The predicted octanol–water partition coefficient (Wildman–Crippen LogP) is 3.24. The lowest BCUT2D eigenvalue weighted by Gasteiger charge is -2.22. The van der Waals surface area contributed by atoms with Crippen molar-refractivity contribution in [1.82, 2.24) is 0 Å². The molecule has 1 N–H and O–H groups in total. The minimum absolute atomic E-state index is 0.0288. The molecule has 1 aliphatic carbocycles. The molecule has 1 heterocycles. The van der Waals surface area contributed by atoms with Gasteiger partial charge in [-0.2, -0.15) is 0 Å². The number of aliphatic hydroxyl groups is 1. The highest BCUT2D eigenvalue weighted by atomic mass is 16.5. The summed E-state index contributed by atoms with van der Waals surface area (Å²) in [6.45, 7) is 4.32. The summed E-state index contributed by atoms with van der Waals surface area (Å²) in [5.41, 5.74) is 2.47. The third-order valence-corrected chi connectivity index (χ3v) is 4.42. The fraction of sp³-hybridized carbons (Fsp3) is 0.625. The van der Waals surface area contributed by atoms with Crippen LogP contribution in [-0.2, 0) is 11.2 Å².